The van der Waals surface area contributed by atoms with E-state index in [1.165, 1.54) is 6.92 Å². The van der Waals surface area contributed by atoms with Crippen LogP contribution in [0, 0.1) is 0 Å². The Morgan fingerprint density at radius 2 is 2.11 bits per heavy atom. The largest absolute Gasteiger partial charge is 0.353 e. The van der Waals surface area contributed by atoms with Crippen molar-refractivity contribution in [2.45, 2.75) is 20.8 Å². The van der Waals surface area contributed by atoms with Gasteiger partial charge >= 0.3 is 0 Å². The van der Waals surface area contributed by atoms with Crippen LogP contribution in [0.5, 0.6) is 0 Å². The van der Waals surface area contributed by atoms with Gasteiger partial charge in [0.05, 0.1) is 0 Å². The quantitative estimate of drug-likeness (QED) is 0.560. The van der Waals surface area contributed by atoms with Gasteiger partial charge in [-0.3, -0.25) is 4.79 Å². The van der Waals surface area contributed by atoms with Gasteiger partial charge in [0.15, 0.2) is 0 Å². The predicted molar refractivity (Wildman–Crippen MR) is 40.2 cm³/mol. The van der Waals surface area contributed by atoms with Gasteiger partial charge in [0.25, 0.3) is 0 Å². The summed E-state index contributed by atoms with van der Waals surface area (Å²) in [4.78, 5) is 10.0. The van der Waals surface area contributed by atoms with Crippen LogP contribution >= 0.6 is 0 Å². The second-order valence-corrected chi connectivity index (χ2v) is 1.23. The summed E-state index contributed by atoms with van der Waals surface area (Å²) in [5.74, 6) is -0.0140. The minimum Gasteiger partial charge on any atom is -0.353 e. The van der Waals surface area contributed by atoms with E-state index in [2.05, 4.69) is 11.9 Å². The van der Waals surface area contributed by atoms with Gasteiger partial charge in [0.2, 0.25) is 5.91 Å². The van der Waals surface area contributed by atoms with Crippen molar-refractivity contribution in [3.05, 3.63) is 12.7 Å². The Hall–Kier alpha value is -0.790. The zero-order valence-corrected chi connectivity index (χ0v) is 6.40. The maximum absolute atomic E-state index is 10.0. The van der Waals surface area contributed by atoms with Crippen molar-refractivity contribution in [3.8, 4) is 0 Å². The highest BCUT2D eigenvalue weighted by atomic mass is 16.1. The normalized spacial score (nSPS) is 6.56. The van der Waals surface area contributed by atoms with Crippen LogP contribution in [0.4, 0.5) is 0 Å². The van der Waals surface area contributed by atoms with Crippen LogP contribution in [0.2, 0.25) is 0 Å². The van der Waals surface area contributed by atoms with Crippen LogP contribution in [-0.4, -0.2) is 12.5 Å². The minimum absolute atomic E-state index is 0.0140. The molecule has 0 aliphatic carbocycles. The Balaban J connectivity index is 0. The van der Waals surface area contributed by atoms with E-state index in [1.807, 2.05) is 13.8 Å². The summed E-state index contributed by atoms with van der Waals surface area (Å²) in [6.07, 6.45) is 1.64. The van der Waals surface area contributed by atoms with E-state index in [4.69, 9.17) is 0 Å². The van der Waals surface area contributed by atoms with E-state index in [1.54, 1.807) is 6.08 Å². The van der Waals surface area contributed by atoms with Crippen LogP contribution in [-0.2, 0) is 4.79 Å². The van der Waals surface area contributed by atoms with E-state index >= 15 is 0 Å². The van der Waals surface area contributed by atoms with Crippen LogP contribution in [0.25, 0.3) is 0 Å². The lowest BCUT2D eigenvalue weighted by Crippen LogP contribution is -2.18. The third-order valence-electron chi connectivity index (χ3n) is 0.495. The van der Waals surface area contributed by atoms with E-state index in [9.17, 15) is 4.79 Å². The molecule has 0 aromatic heterocycles. The average molecular weight is 129 g/mol. The molecule has 1 N–H and O–H groups in total. The molecular formula is C7H15NO. The zero-order valence-electron chi connectivity index (χ0n) is 6.40. The number of hydrogen-bond donors (Lipinski definition) is 1. The number of carbonyl (C=O) groups is 1. The van der Waals surface area contributed by atoms with Gasteiger partial charge in [-0.25, -0.2) is 0 Å². The van der Waals surface area contributed by atoms with Crippen molar-refractivity contribution >= 4 is 5.91 Å². The van der Waals surface area contributed by atoms with Gasteiger partial charge in [-0.15, -0.1) is 6.58 Å². The molecule has 0 unspecified atom stereocenters. The molecule has 0 saturated heterocycles. The van der Waals surface area contributed by atoms with Crippen molar-refractivity contribution in [1.29, 1.82) is 0 Å². The molecule has 0 fully saturated rings. The molecule has 2 nitrogen and oxygen atoms in total. The maximum atomic E-state index is 10.0. The number of amides is 1. The second kappa shape index (κ2) is 10.2. The van der Waals surface area contributed by atoms with Crippen LogP contribution in [0.3, 0.4) is 0 Å². The fourth-order valence-electron chi connectivity index (χ4n) is 0.216. The van der Waals surface area contributed by atoms with Gasteiger partial charge in [0.1, 0.15) is 0 Å². The molecule has 0 bridgehead atoms. The van der Waals surface area contributed by atoms with Gasteiger partial charge in [-0.05, 0) is 0 Å². The fraction of sp³-hybridized carbons (Fsp3) is 0.571. The molecule has 1 amide bonds. The third-order valence-corrected chi connectivity index (χ3v) is 0.495. The minimum atomic E-state index is -0.0140. The summed E-state index contributed by atoms with van der Waals surface area (Å²) in [5, 5.41) is 2.54. The molecule has 0 atom stereocenters. The third kappa shape index (κ3) is 19.0. The monoisotopic (exact) mass is 129 g/mol. The average Bonchev–Trinajstić information content (AvgIpc) is 1.88. The van der Waals surface area contributed by atoms with Crippen LogP contribution in [0.15, 0.2) is 12.7 Å². The fourth-order valence-corrected chi connectivity index (χ4v) is 0.216. The zero-order chi connectivity index (χ0) is 7.70. The van der Waals surface area contributed by atoms with E-state index in [0.717, 1.165) is 0 Å². The summed E-state index contributed by atoms with van der Waals surface area (Å²) < 4.78 is 0. The molecule has 0 aromatic carbocycles. The van der Waals surface area contributed by atoms with E-state index in [0.29, 0.717) is 6.54 Å². The number of nitrogens with one attached hydrogen (secondary N) is 1. The van der Waals surface area contributed by atoms with Gasteiger partial charge in [0, 0.05) is 13.5 Å². The highest BCUT2D eigenvalue weighted by Gasteiger charge is 1.80. The molecule has 0 rings (SSSR count). The Morgan fingerprint density at radius 3 is 2.22 bits per heavy atom. The van der Waals surface area contributed by atoms with E-state index in [-0.39, 0.29) is 5.91 Å². The highest BCUT2D eigenvalue weighted by molar-refractivity contribution is 5.72. The Kier molecular flexibility index (Phi) is 12.6. The summed E-state index contributed by atoms with van der Waals surface area (Å²) >= 11 is 0. The summed E-state index contributed by atoms with van der Waals surface area (Å²) in [6.45, 7) is 9.46. The molecule has 0 heterocycles. The van der Waals surface area contributed by atoms with Crippen LogP contribution in [0.1, 0.15) is 20.8 Å². The molecule has 0 saturated carbocycles. The molecule has 0 spiro atoms. The first-order chi connectivity index (χ1) is 4.27. The standard InChI is InChI=1S/C5H9NO.C2H6/c1-3-4-6-5(2)7;1-2/h3H,1,4H2,2H3,(H,6,7);1-2H3. The second-order valence-electron chi connectivity index (χ2n) is 1.23. The molecule has 2 heteroatoms. The first-order valence-electron chi connectivity index (χ1n) is 3.12. The Labute approximate surface area is 57.0 Å². The molecule has 54 valence electrons. The van der Waals surface area contributed by atoms with Crippen molar-refractivity contribution in [1.82, 2.24) is 5.32 Å². The Bertz CT molecular complexity index is 79.0. The summed E-state index contributed by atoms with van der Waals surface area (Å²) in [6, 6.07) is 0. The van der Waals surface area contributed by atoms with Gasteiger partial charge in [-0.1, -0.05) is 19.9 Å². The van der Waals surface area contributed by atoms with Crippen molar-refractivity contribution in [3.63, 3.8) is 0 Å². The predicted octanol–water partition coefficient (Wildman–Crippen LogP) is 1.33. The summed E-state index contributed by atoms with van der Waals surface area (Å²) in [5.41, 5.74) is 0. The van der Waals surface area contributed by atoms with Crippen molar-refractivity contribution in [2.24, 2.45) is 0 Å². The molecule has 9 heavy (non-hydrogen) atoms. The van der Waals surface area contributed by atoms with Gasteiger partial charge in [-0.2, -0.15) is 0 Å². The first-order valence-corrected chi connectivity index (χ1v) is 3.12. The summed E-state index contributed by atoms with van der Waals surface area (Å²) in [7, 11) is 0. The topological polar surface area (TPSA) is 29.1 Å². The Morgan fingerprint density at radius 1 is 1.67 bits per heavy atom. The van der Waals surface area contributed by atoms with Crippen LogP contribution < -0.4 is 5.32 Å². The highest BCUT2D eigenvalue weighted by Crippen LogP contribution is 1.59. The SMILES string of the molecule is C=CCNC(C)=O.CC. The molecule has 0 aromatic rings. The smallest absolute Gasteiger partial charge is 0.217 e. The lowest BCUT2D eigenvalue weighted by Gasteiger charge is -1.90. The van der Waals surface area contributed by atoms with Crippen molar-refractivity contribution in [2.75, 3.05) is 6.54 Å². The van der Waals surface area contributed by atoms with Gasteiger partial charge < -0.3 is 5.32 Å². The first kappa shape index (κ1) is 11.1. The number of rotatable bonds is 2. The molecule has 0 aliphatic rings. The lowest BCUT2D eigenvalue weighted by atomic mass is 10.6. The number of hydrogen-bond acceptors (Lipinski definition) is 1. The van der Waals surface area contributed by atoms with E-state index < -0.39 is 0 Å². The lowest BCUT2D eigenvalue weighted by molar-refractivity contribution is -0.118. The number of carbonyl (C=O) groups excluding carboxylic acids is 1. The maximum Gasteiger partial charge on any atom is 0.217 e. The molecule has 0 aliphatic heterocycles. The van der Waals surface area contributed by atoms with Crippen molar-refractivity contribution < 1.29 is 4.79 Å². The molecular weight excluding hydrogens is 114 g/mol. The molecule has 0 radical (unpaired) electrons.